The summed E-state index contributed by atoms with van der Waals surface area (Å²) in [5.74, 6) is -4.78. The lowest BCUT2D eigenvalue weighted by atomic mass is 9.98. The van der Waals surface area contributed by atoms with Gasteiger partial charge in [0.2, 0.25) is 12.4 Å². The monoisotopic (exact) mass is 576 g/mol. The van der Waals surface area contributed by atoms with Gasteiger partial charge < -0.3 is 33.5 Å². The van der Waals surface area contributed by atoms with Crippen molar-refractivity contribution in [3.8, 4) is 11.5 Å². The Morgan fingerprint density at radius 2 is 1.44 bits per heavy atom. The molecule has 220 valence electrons. The second-order valence-electron chi connectivity index (χ2n) is 9.06. The summed E-state index contributed by atoms with van der Waals surface area (Å²) in [6.07, 6.45) is -7.38. The van der Waals surface area contributed by atoms with Crippen molar-refractivity contribution in [2.24, 2.45) is 0 Å². The molecule has 0 radical (unpaired) electrons. The summed E-state index contributed by atoms with van der Waals surface area (Å²) >= 11 is 0. The van der Waals surface area contributed by atoms with Gasteiger partial charge in [-0.15, -0.1) is 0 Å². The first-order valence-corrected chi connectivity index (χ1v) is 12.4. The lowest BCUT2D eigenvalue weighted by molar-refractivity contribution is -0.288. The summed E-state index contributed by atoms with van der Waals surface area (Å²) in [5, 5.41) is 10.6. The third kappa shape index (κ3) is 8.48. The molecule has 0 spiro atoms. The Labute approximate surface area is 234 Å². The number of aromatic hydroxyl groups is 1. The van der Waals surface area contributed by atoms with Crippen LogP contribution in [0.25, 0.3) is 0 Å². The number of ketones is 1. The van der Waals surface area contributed by atoms with Gasteiger partial charge in [0, 0.05) is 40.2 Å². The molecule has 1 fully saturated rings. The highest BCUT2D eigenvalue weighted by Crippen LogP contribution is 2.33. The molecule has 1 aliphatic heterocycles. The van der Waals surface area contributed by atoms with Gasteiger partial charge in [-0.25, -0.2) is 4.39 Å². The van der Waals surface area contributed by atoms with E-state index < -0.39 is 78.5 Å². The summed E-state index contributed by atoms with van der Waals surface area (Å²) in [5.41, 5.74) is 0.0388. The van der Waals surface area contributed by atoms with E-state index in [9.17, 15) is 33.5 Å². The van der Waals surface area contributed by atoms with Crippen LogP contribution in [-0.2, 0) is 49.3 Å². The molecule has 0 amide bonds. The molecule has 41 heavy (non-hydrogen) atoms. The van der Waals surface area contributed by atoms with Crippen molar-refractivity contribution in [3.05, 3.63) is 59.4 Å². The van der Waals surface area contributed by atoms with E-state index in [1.165, 1.54) is 30.3 Å². The number of phenolic OH excluding ortho intramolecular Hbond substituents is 1. The van der Waals surface area contributed by atoms with Crippen molar-refractivity contribution in [3.63, 3.8) is 0 Å². The Kier molecular flexibility index (Phi) is 10.4. The van der Waals surface area contributed by atoms with Gasteiger partial charge >= 0.3 is 23.9 Å². The zero-order valence-electron chi connectivity index (χ0n) is 22.7. The van der Waals surface area contributed by atoms with Crippen LogP contribution in [0.4, 0.5) is 4.39 Å². The topological polar surface area (TPSA) is 161 Å². The zero-order valence-corrected chi connectivity index (χ0v) is 22.7. The Hall–Kier alpha value is -4.52. The van der Waals surface area contributed by atoms with Gasteiger partial charge in [0.25, 0.3) is 0 Å². The summed E-state index contributed by atoms with van der Waals surface area (Å²) in [6, 6.07) is 9.38. The quantitative estimate of drug-likeness (QED) is 0.250. The van der Waals surface area contributed by atoms with Gasteiger partial charge in [-0.3, -0.25) is 24.0 Å². The molecule has 13 heteroatoms. The average Bonchev–Trinajstić information content (AvgIpc) is 2.87. The molecular weight excluding hydrogens is 547 g/mol. The summed E-state index contributed by atoms with van der Waals surface area (Å²) in [6.45, 7) is 3.94. The predicted octanol–water partition coefficient (Wildman–Crippen LogP) is 2.42. The first-order valence-electron chi connectivity index (χ1n) is 12.4. The van der Waals surface area contributed by atoms with E-state index in [0.29, 0.717) is 0 Å². The van der Waals surface area contributed by atoms with E-state index in [1.807, 2.05) is 0 Å². The fourth-order valence-electron chi connectivity index (χ4n) is 4.15. The van der Waals surface area contributed by atoms with E-state index in [4.69, 9.17) is 28.4 Å². The maximum atomic E-state index is 14.0. The van der Waals surface area contributed by atoms with Crippen LogP contribution in [0.1, 0.15) is 43.6 Å². The molecule has 2 aromatic rings. The number of halogens is 1. The van der Waals surface area contributed by atoms with Crippen LogP contribution in [0, 0.1) is 5.82 Å². The molecule has 0 aliphatic carbocycles. The number of benzene rings is 2. The van der Waals surface area contributed by atoms with Crippen LogP contribution in [0.15, 0.2) is 42.5 Å². The van der Waals surface area contributed by atoms with E-state index in [1.54, 1.807) is 6.07 Å². The van der Waals surface area contributed by atoms with Crippen molar-refractivity contribution >= 4 is 29.7 Å². The lowest BCUT2D eigenvalue weighted by Gasteiger charge is -2.43. The minimum Gasteiger partial charge on any atom is -0.507 e. The van der Waals surface area contributed by atoms with Crippen molar-refractivity contribution in [1.29, 1.82) is 0 Å². The number of esters is 4. The zero-order chi connectivity index (χ0) is 30.3. The maximum absolute atomic E-state index is 14.0. The molecule has 5 atom stereocenters. The van der Waals surface area contributed by atoms with Gasteiger partial charge in [0.15, 0.2) is 18.0 Å². The molecule has 0 aromatic heterocycles. The SMILES string of the molecule is CC(=O)OC[C@H]1O[C@@H](Oc2ccc(C(=O)Cc3ccccc3F)c(O)c2)[C@@H](OC(C)=O)[C@@H](OC(C)=O)[C@@H]1OC(C)=O. The first-order chi connectivity index (χ1) is 19.3. The highest BCUT2D eigenvalue weighted by Gasteiger charge is 2.53. The van der Waals surface area contributed by atoms with Gasteiger partial charge in [-0.2, -0.15) is 0 Å². The normalized spacial score (nSPS) is 21.7. The molecular formula is C28H29FO12. The van der Waals surface area contributed by atoms with Crippen LogP contribution < -0.4 is 4.74 Å². The number of Topliss-reactive ketones (excluding diaryl/α,β-unsaturated/α-hetero) is 1. The highest BCUT2D eigenvalue weighted by atomic mass is 19.1. The van der Waals surface area contributed by atoms with Crippen LogP contribution >= 0.6 is 0 Å². The minimum absolute atomic E-state index is 0.0640. The van der Waals surface area contributed by atoms with E-state index in [0.717, 1.165) is 33.8 Å². The Balaban J connectivity index is 1.92. The highest BCUT2D eigenvalue weighted by molar-refractivity contribution is 6.00. The molecule has 1 heterocycles. The number of rotatable bonds is 10. The van der Waals surface area contributed by atoms with Crippen LogP contribution in [0.3, 0.4) is 0 Å². The molecule has 12 nitrogen and oxygen atoms in total. The molecule has 1 aliphatic rings. The second-order valence-corrected chi connectivity index (χ2v) is 9.06. The first kappa shape index (κ1) is 31.0. The summed E-state index contributed by atoms with van der Waals surface area (Å²) in [7, 11) is 0. The van der Waals surface area contributed by atoms with Crippen LogP contribution in [0.2, 0.25) is 0 Å². The molecule has 2 aromatic carbocycles. The standard InChI is InChI=1S/C28H29FO12/c1-14(30)36-13-24-25(37-15(2)31)26(38-16(3)32)27(39-17(4)33)28(41-24)40-19-9-10-20(23(35)12-19)22(34)11-18-7-5-6-8-21(18)29/h5-10,12,24-28,35H,11,13H2,1-4H3/t24-,25-,26+,27+,28-/m1/s1. The van der Waals surface area contributed by atoms with Crippen LogP contribution in [-0.4, -0.2) is 72.1 Å². The fourth-order valence-corrected chi connectivity index (χ4v) is 4.15. The fraction of sp³-hybridized carbons (Fsp3) is 0.393. The van der Waals surface area contributed by atoms with Crippen molar-refractivity contribution < 1.29 is 61.9 Å². The van der Waals surface area contributed by atoms with E-state index in [-0.39, 0.29) is 23.3 Å². The molecule has 1 N–H and O–H groups in total. The Bertz CT molecular complexity index is 1310. The van der Waals surface area contributed by atoms with Crippen molar-refractivity contribution in [1.82, 2.24) is 0 Å². The number of carbonyl (C=O) groups is 5. The summed E-state index contributed by atoms with van der Waals surface area (Å²) < 4.78 is 46.6. The van der Waals surface area contributed by atoms with Crippen molar-refractivity contribution in [2.75, 3.05) is 6.61 Å². The predicted molar refractivity (Wildman–Crippen MR) is 135 cm³/mol. The number of ether oxygens (including phenoxy) is 6. The largest absolute Gasteiger partial charge is 0.507 e. The van der Waals surface area contributed by atoms with Crippen LogP contribution in [0.5, 0.6) is 11.5 Å². The number of carbonyl (C=O) groups excluding carboxylic acids is 5. The maximum Gasteiger partial charge on any atom is 0.303 e. The minimum atomic E-state index is -1.53. The second kappa shape index (κ2) is 13.7. The third-order valence-corrected chi connectivity index (χ3v) is 5.78. The lowest BCUT2D eigenvalue weighted by Crippen LogP contribution is -2.63. The number of hydrogen-bond donors (Lipinski definition) is 1. The van der Waals surface area contributed by atoms with Gasteiger partial charge in [0.1, 0.15) is 30.0 Å². The molecule has 3 rings (SSSR count). The Morgan fingerprint density at radius 1 is 0.829 bits per heavy atom. The summed E-state index contributed by atoms with van der Waals surface area (Å²) in [4.78, 5) is 59.9. The molecule has 0 unspecified atom stereocenters. The van der Waals surface area contributed by atoms with Gasteiger partial charge in [0.05, 0.1) is 5.56 Å². The number of hydrogen-bond acceptors (Lipinski definition) is 12. The van der Waals surface area contributed by atoms with E-state index in [2.05, 4.69) is 0 Å². The van der Waals surface area contributed by atoms with Gasteiger partial charge in [-0.05, 0) is 23.8 Å². The smallest absolute Gasteiger partial charge is 0.303 e. The third-order valence-electron chi connectivity index (χ3n) is 5.78. The Morgan fingerprint density at radius 3 is 2.02 bits per heavy atom. The molecule has 1 saturated heterocycles. The van der Waals surface area contributed by atoms with E-state index >= 15 is 0 Å². The molecule has 0 bridgehead atoms. The van der Waals surface area contributed by atoms with Gasteiger partial charge in [-0.1, -0.05) is 18.2 Å². The number of phenols is 1. The average molecular weight is 577 g/mol. The van der Waals surface area contributed by atoms with Crippen molar-refractivity contribution in [2.45, 2.75) is 64.8 Å². The molecule has 0 saturated carbocycles.